The quantitative estimate of drug-likeness (QED) is 0.903. The predicted octanol–water partition coefficient (Wildman–Crippen LogP) is 2.51. The minimum absolute atomic E-state index is 0.155. The van der Waals surface area contributed by atoms with E-state index in [1.807, 2.05) is 32.2 Å². The van der Waals surface area contributed by atoms with Gasteiger partial charge in [-0.2, -0.15) is 0 Å². The monoisotopic (exact) mass is 247 g/mol. The Kier molecular flexibility index (Phi) is 3.28. The molecule has 0 unspecified atom stereocenters. The third-order valence-corrected chi connectivity index (χ3v) is 3.38. The molecule has 0 aliphatic carbocycles. The van der Waals surface area contributed by atoms with Crippen molar-refractivity contribution in [1.82, 2.24) is 4.57 Å². The van der Waals surface area contributed by atoms with Crippen molar-refractivity contribution in [1.29, 1.82) is 0 Å². The van der Waals surface area contributed by atoms with E-state index in [2.05, 4.69) is 4.57 Å². The first kappa shape index (κ1) is 12.5. The molecular formula is C14H17NO3. The second-order valence-corrected chi connectivity index (χ2v) is 4.41. The number of hydrogen-bond acceptors (Lipinski definition) is 2. The molecule has 0 saturated heterocycles. The van der Waals surface area contributed by atoms with Crippen LogP contribution < -0.4 is 4.74 Å². The number of carboxylic acids is 1. The fraction of sp³-hybridized carbons (Fsp3) is 0.357. The number of ether oxygens (including phenoxy) is 1. The van der Waals surface area contributed by atoms with Crippen LogP contribution in [0, 0.1) is 6.92 Å². The molecular weight excluding hydrogens is 230 g/mol. The van der Waals surface area contributed by atoms with Crippen molar-refractivity contribution in [3.63, 3.8) is 0 Å². The fourth-order valence-electron chi connectivity index (χ4n) is 2.37. The summed E-state index contributed by atoms with van der Waals surface area (Å²) in [5, 5.41) is 9.91. The van der Waals surface area contributed by atoms with Crippen molar-refractivity contribution in [2.45, 2.75) is 19.8 Å². The highest BCUT2D eigenvalue weighted by molar-refractivity contribution is 5.86. The van der Waals surface area contributed by atoms with Gasteiger partial charge in [0, 0.05) is 23.6 Å². The van der Waals surface area contributed by atoms with E-state index < -0.39 is 5.97 Å². The highest BCUT2D eigenvalue weighted by Crippen LogP contribution is 2.28. The zero-order valence-corrected chi connectivity index (χ0v) is 10.9. The molecule has 1 aromatic carbocycles. The first-order chi connectivity index (χ1) is 8.54. The Morgan fingerprint density at radius 1 is 1.44 bits per heavy atom. The third kappa shape index (κ3) is 2.06. The Morgan fingerprint density at radius 3 is 2.78 bits per heavy atom. The Labute approximate surface area is 106 Å². The van der Waals surface area contributed by atoms with E-state index in [1.54, 1.807) is 7.11 Å². The Bertz CT molecular complexity index is 599. The van der Waals surface area contributed by atoms with Crippen LogP contribution >= 0.6 is 0 Å². The summed E-state index contributed by atoms with van der Waals surface area (Å²) in [6.07, 6.45) is 0.705. The third-order valence-electron chi connectivity index (χ3n) is 3.38. The number of benzene rings is 1. The minimum Gasteiger partial charge on any atom is -0.497 e. The lowest BCUT2D eigenvalue weighted by atomic mass is 10.1. The lowest BCUT2D eigenvalue weighted by Crippen LogP contribution is -2.03. The number of methoxy groups -OCH3 is 1. The molecule has 0 atom stereocenters. The van der Waals surface area contributed by atoms with Crippen molar-refractivity contribution in [2.75, 3.05) is 7.11 Å². The van der Waals surface area contributed by atoms with Gasteiger partial charge in [-0.3, -0.25) is 4.79 Å². The summed E-state index contributed by atoms with van der Waals surface area (Å²) in [7, 11) is 3.61. The molecule has 2 rings (SSSR count). The van der Waals surface area contributed by atoms with Crippen LogP contribution in [0.4, 0.5) is 0 Å². The van der Waals surface area contributed by atoms with Gasteiger partial charge in [0.25, 0.3) is 0 Å². The lowest BCUT2D eigenvalue weighted by molar-refractivity contribution is -0.136. The number of carboxylic acid groups (broad SMARTS) is 1. The molecule has 2 aromatic rings. The molecule has 0 amide bonds. The smallest absolute Gasteiger partial charge is 0.303 e. The predicted molar refractivity (Wildman–Crippen MR) is 70.2 cm³/mol. The second kappa shape index (κ2) is 4.72. The molecule has 96 valence electrons. The van der Waals surface area contributed by atoms with Crippen LogP contribution in [0.2, 0.25) is 0 Å². The van der Waals surface area contributed by atoms with Crippen LogP contribution in [0.1, 0.15) is 17.7 Å². The van der Waals surface area contributed by atoms with E-state index in [0.29, 0.717) is 6.42 Å². The van der Waals surface area contributed by atoms with Gasteiger partial charge in [-0.1, -0.05) is 0 Å². The van der Waals surface area contributed by atoms with Gasteiger partial charge in [-0.15, -0.1) is 0 Å². The summed E-state index contributed by atoms with van der Waals surface area (Å²) in [6, 6.07) is 5.92. The molecule has 1 aromatic heterocycles. The van der Waals surface area contributed by atoms with Crippen LogP contribution in [0.5, 0.6) is 5.75 Å². The topological polar surface area (TPSA) is 51.5 Å². The maximum atomic E-state index is 10.7. The highest BCUT2D eigenvalue weighted by Gasteiger charge is 2.13. The van der Waals surface area contributed by atoms with Gasteiger partial charge in [0.2, 0.25) is 0 Å². The molecule has 0 radical (unpaired) electrons. The maximum absolute atomic E-state index is 10.7. The normalized spacial score (nSPS) is 10.8. The maximum Gasteiger partial charge on any atom is 0.303 e. The molecule has 1 N–H and O–H groups in total. The summed E-state index contributed by atoms with van der Waals surface area (Å²) in [4.78, 5) is 10.7. The van der Waals surface area contributed by atoms with Gasteiger partial charge in [0.15, 0.2) is 0 Å². The average molecular weight is 247 g/mol. The van der Waals surface area contributed by atoms with Crippen molar-refractivity contribution in [2.24, 2.45) is 7.05 Å². The molecule has 0 aliphatic heterocycles. The number of fused-ring (bicyclic) bond motifs is 1. The van der Waals surface area contributed by atoms with E-state index in [1.165, 1.54) is 0 Å². The van der Waals surface area contributed by atoms with Gasteiger partial charge in [-0.25, -0.2) is 0 Å². The number of nitrogens with zero attached hydrogens (tertiary/aromatic N) is 1. The van der Waals surface area contributed by atoms with Gasteiger partial charge in [-0.05, 0) is 37.1 Å². The standard InChI is InChI=1S/C14H17NO3/c1-9-11-8-10(18-3)4-5-13(11)15(2)12(9)6-7-14(16)17/h4-5,8H,6-7H2,1-3H3,(H,16,17). The second-order valence-electron chi connectivity index (χ2n) is 4.41. The average Bonchev–Trinajstić information content (AvgIpc) is 2.59. The number of aliphatic carboxylic acids is 1. The van der Waals surface area contributed by atoms with Crippen LogP contribution in [-0.2, 0) is 18.3 Å². The largest absolute Gasteiger partial charge is 0.497 e. The Balaban J connectivity index is 2.51. The first-order valence-electron chi connectivity index (χ1n) is 5.88. The van der Waals surface area contributed by atoms with Crippen LogP contribution in [0.25, 0.3) is 10.9 Å². The zero-order chi connectivity index (χ0) is 13.3. The summed E-state index contributed by atoms with van der Waals surface area (Å²) in [5.74, 6) is 0.0539. The highest BCUT2D eigenvalue weighted by atomic mass is 16.5. The number of aryl methyl sites for hydroxylation is 2. The molecule has 0 fully saturated rings. The number of hydrogen-bond donors (Lipinski definition) is 1. The van der Waals surface area contributed by atoms with Gasteiger partial charge >= 0.3 is 5.97 Å². The summed E-state index contributed by atoms with van der Waals surface area (Å²) in [5.41, 5.74) is 3.31. The van der Waals surface area contributed by atoms with Crippen LogP contribution in [0.3, 0.4) is 0 Å². The molecule has 4 heteroatoms. The van der Waals surface area contributed by atoms with Crippen molar-refractivity contribution in [3.8, 4) is 5.75 Å². The van der Waals surface area contributed by atoms with Gasteiger partial charge in [0.1, 0.15) is 5.75 Å². The van der Waals surface area contributed by atoms with E-state index in [-0.39, 0.29) is 6.42 Å². The van der Waals surface area contributed by atoms with E-state index in [0.717, 1.165) is 27.9 Å². The van der Waals surface area contributed by atoms with Crippen molar-refractivity contribution in [3.05, 3.63) is 29.5 Å². The SMILES string of the molecule is COc1ccc2c(c1)c(C)c(CCC(=O)O)n2C. The Morgan fingerprint density at radius 2 is 2.17 bits per heavy atom. The number of rotatable bonds is 4. The summed E-state index contributed by atoms with van der Waals surface area (Å²) >= 11 is 0. The molecule has 0 aliphatic rings. The van der Waals surface area contributed by atoms with Crippen LogP contribution in [0.15, 0.2) is 18.2 Å². The lowest BCUT2D eigenvalue weighted by Gasteiger charge is -2.03. The van der Waals surface area contributed by atoms with Gasteiger partial charge in [0.05, 0.1) is 13.5 Å². The van der Waals surface area contributed by atoms with E-state index in [9.17, 15) is 4.79 Å². The van der Waals surface area contributed by atoms with Crippen molar-refractivity contribution >= 4 is 16.9 Å². The summed E-state index contributed by atoms with van der Waals surface area (Å²) < 4.78 is 7.28. The summed E-state index contributed by atoms with van der Waals surface area (Å²) in [6.45, 7) is 2.03. The molecule has 1 heterocycles. The van der Waals surface area contributed by atoms with E-state index in [4.69, 9.17) is 9.84 Å². The van der Waals surface area contributed by atoms with Gasteiger partial charge < -0.3 is 14.4 Å². The molecule has 4 nitrogen and oxygen atoms in total. The van der Waals surface area contributed by atoms with Crippen molar-refractivity contribution < 1.29 is 14.6 Å². The molecule has 0 saturated carbocycles. The zero-order valence-electron chi connectivity index (χ0n) is 10.9. The number of carbonyl (C=O) groups is 1. The molecule has 0 spiro atoms. The molecule has 18 heavy (non-hydrogen) atoms. The van der Waals surface area contributed by atoms with Crippen LogP contribution in [-0.4, -0.2) is 22.8 Å². The number of aromatic nitrogens is 1. The molecule has 0 bridgehead atoms. The Hall–Kier alpha value is -1.97. The first-order valence-corrected chi connectivity index (χ1v) is 5.88. The van der Waals surface area contributed by atoms with E-state index >= 15 is 0 Å². The minimum atomic E-state index is -0.766. The fourth-order valence-corrected chi connectivity index (χ4v) is 2.37.